The van der Waals surface area contributed by atoms with Crippen LogP contribution in [0.25, 0.3) is 21.3 Å². The molecule has 2 saturated heterocycles. The zero-order chi connectivity index (χ0) is 17.7. The van der Waals surface area contributed by atoms with Gasteiger partial charge in [0, 0.05) is 31.4 Å². The summed E-state index contributed by atoms with van der Waals surface area (Å²) < 4.78 is 1.09. The van der Waals surface area contributed by atoms with Gasteiger partial charge in [-0.05, 0) is 60.7 Å². The van der Waals surface area contributed by atoms with Crippen molar-refractivity contribution < 1.29 is 4.79 Å². The maximum Gasteiger partial charge on any atom is 0.229 e. The lowest BCUT2D eigenvalue weighted by atomic mass is 9.61. The van der Waals surface area contributed by atoms with Crippen molar-refractivity contribution >= 4 is 32.6 Å². The first-order chi connectivity index (χ1) is 12.7. The van der Waals surface area contributed by atoms with Crippen LogP contribution in [-0.2, 0) is 4.79 Å². The number of carbonyl (C=O) groups excluding carboxylic acids is 1. The molecule has 0 radical (unpaired) electrons. The second-order valence-corrected chi connectivity index (χ2v) is 8.46. The van der Waals surface area contributed by atoms with Crippen LogP contribution >= 0.6 is 11.3 Å². The van der Waals surface area contributed by atoms with E-state index in [9.17, 15) is 4.79 Å². The number of pyridine rings is 1. The summed E-state index contributed by atoms with van der Waals surface area (Å²) in [6.45, 7) is 2.06. The molecule has 1 saturated carbocycles. The quantitative estimate of drug-likeness (QED) is 0.773. The third kappa shape index (κ3) is 2.70. The van der Waals surface area contributed by atoms with Crippen LogP contribution in [0.4, 0.5) is 5.13 Å². The first-order valence-corrected chi connectivity index (χ1v) is 9.79. The van der Waals surface area contributed by atoms with E-state index in [1.165, 1.54) is 6.42 Å². The Kier molecular flexibility index (Phi) is 3.76. The molecule has 1 amide bonds. The van der Waals surface area contributed by atoms with Gasteiger partial charge < -0.3 is 10.2 Å². The number of thiazole rings is 1. The highest BCUT2D eigenvalue weighted by molar-refractivity contribution is 7.22. The van der Waals surface area contributed by atoms with Gasteiger partial charge in [-0.1, -0.05) is 17.4 Å². The molecule has 2 unspecified atom stereocenters. The van der Waals surface area contributed by atoms with Crippen molar-refractivity contribution in [3.05, 3.63) is 42.7 Å². The van der Waals surface area contributed by atoms with Crippen molar-refractivity contribution in [3.8, 4) is 11.1 Å². The summed E-state index contributed by atoms with van der Waals surface area (Å²) in [6, 6.07) is 10.2. The van der Waals surface area contributed by atoms with Gasteiger partial charge in [-0.2, -0.15) is 0 Å². The van der Waals surface area contributed by atoms with Crippen LogP contribution in [0.2, 0.25) is 0 Å². The number of aromatic nitrogens is 2. The summed E-state index contributed by atoms with van der Waals surface area (Å²) in [5.41, 5.74) is 3.20. The van der Waals surface area contributed by atoms with Gasteiger partial charge in [-0.15, -0.1) is 0 Å². The molecule has 1 aromatic carbocycles. The summed E-state index contributed by atoms with van der Waals surface area (Å²) in [4.78, 5) is 23.7. The molecule has 6 heteroatoms. The standard InChI is InChI=1S/C20H20N4OS/c1-24-10-14-8-15(11-24)18(14)19(25)23-20-22-16-3-2-13(9-17(16)26-20)12-4-6-21-7-5-12/h2-7,9,14-15,18H,8,10-11H2,1H3,(H,22,23,25). The molecule has 3 aliphatic rings. The summed E-state index contributed by atoms with van der Waals surface area (Å²) in [6.07, 6.45) is 4.78. The molecule has 2 bridgehead atoms. The third-order valence-electron chi connectivity index (χ3n) is 5.65. The Morgan fingerprint density at radius 2 is 1.92 bits per heavy atom. The van der Waals surface area contributed by atoms with E-state index in [4.69, 9.17) is 0 Å². The first kappa shape index (κ1) is 15.9. The Labute approximate surface area is 156 Å². The SMILES string of the molecule is CN1CC2CC(C1)C2C(=O)Nc1nc2ccc(-c3ccncc3)cc2s1. The maximum atomic E-state index is 12.7. The Hall–Kier alpha value is -2.31. The number of nitrogens with zero attached hydrogens (tertiary/aromatic N) is 3. The van der Waals surface area contributed by atoms with Crippen molar-refractivity contribution in [2.24, 2.45) is 17.8 Å². The van der Waals surface area contributed by atoms with Gasteiger partial charge >= 0.3 is 0 Å². The highest BCUT2D eigenvalue weighted by Gasteiger charge is 2.49. The van der Waals surface area contributed by atoms with Gasteiger partial charge in [0.2, 0.25) is 5.91 Å². The van der Waals surface area contributed by atoms with E-state index in [0.717, 1.165) is 34.4 Å². The molecular formula is C20H20N4OS. The molecular weight excluding hydrogens is 344 g/mol. The van der Waals surface area contributed by atoms with Gasteiger partial charge in [-0.25, -0.2) is 4.98 Å². The molecule has 132 valence electrons. The minimum Gasteiger partial charge on any atom is -0.306 e. The minimum absolute atomic E-state index is 0.146. The summed E-state index contributed by atoms with van der Waals surface area (Å²) in [5.74, 6) is 1.32. The fraction of sp³-hybridized carbons (Fsp3) is 0.350. The van der Waals surface area contributed by atoms with Crippen LogP contribution in [0.3, 0.4) is 0 Å². The van der Waals surface area contributed by atoms with Crippen LogP contribution in [0, 0.1) is 17.8 Å². The van der Waals surface area contributed by atoms with Crippen molar-refractivity contribution in [1.29, 1.82) is 0 Å². The average molecular weight is 364 g/mol. The minimum atomic E-state index is 0.146. The Morgan fingerprint density at radius 3 is 2.69 bits per heavy atom. The van der Waals surface area contributed by atoms with Crippen LogP contribution < -0.4 is 5.32 Å². The van der Waals surface area contributed by atoms with E-state index in [1.54, 1.807) is 23.7 Å². The number of fused-ring (bicyclic) bond motifs is 3. The molecule has 2 aromatic heterocycles. The molecule has 2 aliphatic heterocycles. The normalized spacial score (nSPS) is 25.0. The predicted molar refractivity (Wildman–Crippen MR) is 104 cm³/mol. The van der Waals surface area contributed by atoms with Gasteiger partial charge in [0.15, 0.2) is 5.13 Å². The lowest BCUT2D eigenvalue weighted by Crippen LogP contribution is -2.57. The van der Waals surface area contributed by atoms with Gasteiger partial charge in [0.25, 0.3) is 0 Å². The second kappa shape index (κ2) is 6.14. The number of carbonyl (C=O) groups is 1. The Balaban J connectivity index is 1.36. The number of rotatable bonds is 3. The van der Waals surface area contributed by atoms with E-state index in [1.807, 2.05) is 18.2 Å². The lowest BCUT2D eigenvalue weighted by molar-refractivity contribution is -0.135. The van der Waals surface area contributed by atoms with Crippen molar-refractivity contribution in [2.75, 3.05) is 25.5 Å². The highest BCUT2D eigenvalue weighted by Crippen LogP contribution is 2.45. The largest absolute Gasteiger partial charge is 0.306 e. The van der Waals surface area contributed by atoms with E-state index >= 15 is 0 Å². The van der Waals surface area contributed by atoms with Crippen LogP contribution in [0.1, 0.15) is 6.42 Å². The third-order valence-corrected chi connectivity index (χ3v) is 6.58. The predicted octanol–water partition coefficient (Wildman–Crippen LogP) is 3.49. The van der Waals surface area contributed by atoms with E-state index in [2.05, 4.69) is 39.4 Å². The fourth-order valence-electron chi connectivity index (χ4n) is 4.44. The van der Waals surface area contributed by atoms with Crippen molar-refractivity contribution in [1.82, 2.24) is 14.9 Å². The molecule has 4 heterocycles. The van der Waals surface area contributed by atoms with E-state index in [0.29, 0.717) is 17.0 Å². The van der Waals surface area contributed by atoms with Gasteiger partial charge in [0.05, 0.1) is 10.2 Å². The Morgan fingerprint density at radius 1 is 1.15 bits per heavy atom. The number of nitrogens with one attached hydrogen (secondary N) is 1. The fourth-order valence-corrected chi connectivity index (χ4v) is 5.35. The number of amides is 1. The molecule has 26 heavy (non-hydrogen) atoms. The monoisotopic (exact) mass is 364 g/mol. The van der Waals surface area contributed by atoms with Crippen molar-refractivity contribution in [2.45, 2.75) is 6.42 Å². The maximum absolute atomic E-state index is 12.7. The molecule has 1 aliphatic carbocycles. The number of piperidine rings is 2. The topological polar surface area (TPSA) is 58.1 Å². The first-order valence-electron chi connectivity index (χ1n) is 8.98. The van der Waals surface area contributed by atoms with E-state index in [-0.39, 0.29) is 11.8 Å². The molecule has 6 rings (SSSR count). The molecule has 0 spiro atoms. The number of anilines is 1. The summed E-state index contributed by atoms with van der Waals surface area (Å²) in [7, 11) is 2.14. The number of hydrogen-bond acceptors (Lipinski definition) is 5. The summed E-state index contributed by atoms with van der Waals surface area (Å²) in [5, 5.41) is 3.78. The van der Waals surface area contributed by atoms with Crippen LogP contribution in [-0.4, -0.2) is 40.9 Å². The van der Waals surface area contributed by atoms with Gasteiger partial charge in [0.1, 0.15) is 0 Å². The lowest BCUT2D eigenvalue weighted by Gasteiger charge is -2.51. The highest BCUT2D eigenvalue weighted by atomic mass is 32.1. The molecule has 2 atom stereocenters. The Bertz CT molecular complexity index is 958. The van der Waals surface area contributed by atoms with Crippen LogP contribution in [0.15, 0.2) is 42.7 Å². The zero-order valence-electron chi connectivity index (χ0n) is 14.6. The van der Waals surface area contributed by atoms with Crippen molar-refractivity contribution in [3.63, 3.8) is 0 Å². The molecule has 3 fully saturated rings. The molecule has 1 N–H and O–H groups in total. The second-order valence-electron chi connectivity index (χ2n) is 7.43. The average Bonchev–Trinajstić information content (AvgIpc) is 3.03. The van der Waals surface area contributed by atoms with Gasteiger partial charge in [-0.3, -0.25) is 9.78 Å². The number of benzene rings is 1. The van der Waals surface area contributed by atoms with E-state index < -0.39 is 0 Å². The molecule has 3 aromatic rings. The zero-order valence-corrected chi connectivity index (χ0v) is 15.4. The molecule has 5 nitrogen and oxygen atoms in total. The number of hydrogen-bond donors (Lipinski definition) is 1. The summed E-state index contributed by atoms with van der Waals surface area (Å²) >= 11 is 1.55. The van der Waals surface area contributed by atoms with Crippen LogP contribution in [0.5, 0.6) is 0 Å². The smallest absolute Gasteiger partial charge is 0.229 e.